The highest BCUT2D eigenvalue weighted by Gasteiger charge is 2.37. The van der Waals surface area contributed by atoms with Crippen LogP contribution < -0.4 is 5.32 Å². The summed E-state index contributed by atoms with van der Waals surface area (Å²) in [6, 6.07) is 22.5. The number of rotatable bonds is 5. The Morgan fingerprint density at radius 1 is 0.853 bits per heavy atom. The van der Waals surface area contributed by atoms with E-state index in [1.54, 1.807) is 0 Å². The molecule has 3 fully saturated rings. The summed E-state index contributed by atoms with van der Waals surface area (Å²) >= 11 is 1.86. The van der Waals surface area contributed by atoms with Gasteiger partial charge in [-0.2, -0.15) is 0 Å². The first-order chi connectivity index (χ1) is 15.3. The molecule has 9 heteroatoms. The molecule has 0 aliphatic carbocycles. The zero-order valence-electron chi connectivity index (χ0n) is 19.3. The molecule has 188 valence electrons. The highest BCUT2D eigenvalue weighted by molar-refractivity contribution is 7.99. The molecule has 1 amide bonds. The van der Waals surface area contributed by atoms with Crippen molar-refractivity contribution in [2.45, 2.75) is 24.5 Å². The molecule has 3 aliphatic rings. The summed E-state index contributed by atoms with van der Waals surface area (Å²) in [4.78, 5) is 20.0. The second kappa shape index (κ2) is 13.9. The molecule has 0 aromatic heterocycles. The van der Waals surface area contributed by atoms with E-state index >= 15 is 0 Å². The average Bonchev–Trinajstić information content (AvgIpc) is 3.54. The lowest BCUT2D eigenvalue weighted by Gasteiger charge is -2.41. The first-order valence-corrected chi connectivity index (χ1v) is 12.6. The lowest BCUT2D eigenvalue weighted by Crippen LogP contribution is -2.51. The summed E-state index contributed by atoms with van der Waals surface area (Å²) in [5.41, 5.74) is 2.72. The summed E-state index contributed by atoms with van der Waals surface area (Å²) in [5.74, 6) is 2.24. The maximum atomic E-state index is 12.8. The molecule has 0 spiro atoms. The van der Waals surface area contributed by atoms with Gasteiger partial charge in [-0.15, -0.1) is 49.0 Å². The van der Waals surface area contributed by atoms with Gasteiger partial charge in [-0.1, -0.05) is 60.7 Å². The number of thioether (sulfide) groups is 1. The Kier molecular flexibility index (Phi) is 12.0. The van der Waals surface area contributed by atoms with Crippen molar-refractivity contribution in [2.75, 3.05) is 50.9 Å². The van der Waals surface area contributed by atoms with Crippen molar-refractivity contribution in [2.24, 2.45) is 0 Å². The van der Waals surface area contributed by atoms with Crippen molar-refractivity contribution in [3.63, 3.8) is 0 Å². The normalized spacial score (nSPS) is 23.1. The number of nitrogens with one attached hydrogen (secondary N) is 1. The predicted octanol–water partition coefficient (Wildman–Crippen LogP) is 3.92. The SMILES string of the molecule is Cl.Cl.Cl.O=C([C@@H]1C[C@H](N2CCN(C(c3ccccc3)c3ccccc3)CC2)CN1)N1CCSC1. The van der Waals surface area contributed by atoms with Gasteiger partial charge in [0.25, 0.3) is 0 Å². The number of carbonyl (C=O) groups excluding carboxylic acids is 1. The molecular formula is C25H35Cl3N4OS. The fourth-order valence-corrected chi connectivity index (χ4v) is 6.19. The summed E-state index contributed by atoms with van der Waals surface area (Å²) < 4.78 is 0. The highest BCUT2D eigenvalue weighted by Crippen LogP contribution is 2.30. The third-order valence-corrected chi connectivity index (χ3v) is 7.90. The van der Waals surface area contributed by atoms with Crippen LogP contribution in [0.5, 0.6) is 0 Å². The van der Waals surface area contributed by atoms with Crippen LogP contribution in [-0.4, -0.2) is 83.6 Å². The van der Waals surface area contributed by atoms with Crippen molar-refractivity contribution >= 4 is 54.9 Å². The minimum Gasteiger partial charge on any atom is -0.331 e. The van der Waals surface area contributed by atoms with E-state index in [0.29, 0.717) is 18.0 Å². The van der Waals surface area contributed by atoms with Gasteiger partial charge in [0, 0.05) is 51.1 Å². The van der Waals surface area contributed by atoms with Crippen molar-refractivity contribution in [3.8, 4) is 0 Å². The van der Waals surface area contributed by atoms with Gasteiger partial charge >= 0.3 is 0 Å². The molecule has 2 aromatic carbocycles. The summed E-state index contributed by atoms with van der Waals surface area (Å²) in [6.07, 6.45) is 0.945. The molecular weight excluding hydrogens is 511 g/mol. The minimum absolute atomic E-state index is 0. The van der Waals surface area contributed by atoms with Crippen LogP contribution >= 0.6 is 49.0 Å². The molecule has 0 saturated carbocycles. The summed E-state index contributed by atoms with van der Waals surface area (Å²) in [6.45, 7) is 6.05. The van der Waals surface area contributed by atoms with Crippen molar-refractivity contribution in [1.29, 1.82) is 0 Å². The van der Waals surface area contributed by atoms with Crippen LogP contribution in [0.25, 0.3) is 0 Å². The quantitative estimate of drug-likeness (QED) is 0.617. The van der Waals surface area contributed by atoms with E-state index < -0.39 is 0 Å². The number of benzene rings is 2. The molecule has 1 N–H and O–H groups in total. The first-order valence-electron chi connectivity index (χ1n) is 11.5. The van der Waals surface area contributed by atoms with Gasteiger partial charge in [0.05, 0.1) is 18.0 Å². The summed E-state index contributed by atoms with van der Waals surface area (Å²) in [7, 11) is 0. The standard InChI is InChI=1S/C25H32N4OS.3ClH/c30-25(29-15-16-31-19-29)23-17-22(18-26-23)27-11-13-28(14-12-27)24(20-7-3-1-4-8-20)21-9-5-2-6-10-21;;;/h1-10,22-24,26H,11-19H2;3*1H/t22-,23-;;;/m0.../s1. The number of hydrogen-bond donors (Lipinski definition) is 1. The lowest BCUT2D eigenvalue weighted by molar-refractivity contribution is -0.131. The topological polar surface area (TPSA) is 38.8 Å². The van der Waals surface area contributed by atoms with Gasteiger partial charge in [-0.05, 0) is 17.5 Å². The van der Waals surface area contributed by atoms with Gasteiger partial charge in [-0.25, -0.2) is 0 Å². The van der Waals surface area contributed by atoms with Crippen molar-refractivity contribution < 1.29 is 4.79 Å². The molecule has 3 aliphatic heterocycles. The van der Waals surface area contributed by atoms with Gasteiger partial charge in [0.15, 0.2) is 0 Å². The molecule has 3 saturated heterocycles. The number of nitrogens with zero attached hydrogens (tertiary/aromatic N) is 3. The maximum Gasteiger partial charge on any atom is 0.240 e. The Morgan fingerprint density at radius 3 is 1.97 bits per heavy atom. The Labute approximate surface area is 226 Å². The highest BCUT2D eigenvalue weighted by atomic mass is 35.5. The zero-order chi connectivity index (χ0) is 21.0. The monoisotopic (exact) mass is 544 g/mol. The molecule has 5 rings (SSSR count). The van der Waals surface area contributed by atoms with E-state index in [0.717, 1.165) is 57.3 Å². The van der Waals surface area contributed by atoms with Crippen LogP contribution in [0, 0.1) is 0 Å². The van der Waals surface area contributed by atoms with E-state index in [1.807, 2.05) is 16.7 Å². The molecule has 34 heavy (non-hydrogen) atoms. The lowest BCUT2D eigenvalue weighted by atomic mass is 9.96. The van der Waals surface area contributed by atoms with Gasteiger partial charge < -0.3 is 10.2 Å². The number of halogens is 3. The Bertz CT molecular complexity index is 825. The van der Waals surface area contributed by atoms with E-state index in [4.69, 9.17) is 0 Å². The van der Waals surface area contributed by atoms with E-state index in [2.05, 4.69) is 75.8 Å². The average molecular weight is 546 g/mol. The maximum absolute atomic E-state index is 12.8. The van der Waals surface area contributed by atoms with Gasteiger partial charge in [-0.3, -0.25) is 14.6 Å². The molecule has 0 radical (unpaired) electrons. The second-order valence-electron chi connectivity index (χ2n) is 8.79. The van der Waals surface area contributed by atoms with Crippen LogP contribution in [-0.2, 0) is 4.79 Å². The largest absolute Gasteiger partial charge is 0.331 e. The smallest absolute Gasteiger partial charge is 0.240 e. The molecule has 2 aromatic rings. The number of hydrogen-bond acceptors (Lipinski definition) is 5. The Morgan fingerprint density at radius 2 is 1.44 bits per heavy atom. The number of piperazine rings is 1. The molecule has 2 atom stereocenters. The van der Waals surface area contributed by atoms with Crippen molar-refractivity contribution in [1.82, 2.24) is 20.0 Å². The molecule has 0 unspecified atom stereocenters. The van der Waals surface area contributed by atoms with E-state index in [1.165, 1.54) is 11.1 Å². The zero-order valence-corrected chi connectivity index (χ0v) is 22.5. The van der Waals surface area contributed by atoms with Crippen LogP contribution in [0.4, 0.5) is 0 Å². The number of amides is 1. The number of carbonyl (C=O) groups is 1. The van der Waals surface area contributed by atoms with Gasteiger partial charge in [0.1, 0.15) is 0 Å². The minimum atomic E-state index is 0. The third kappa shape index (κ3) is 6.61. The van der Waals surface area contributed by atoms with E-state index in [-0.39, 0.29) is 43.3 Å². The third-order valence-electron chi connectivity index (χ3n) is 6.93. The van der Waals surface area contributed by atoms with Crippen molar-refractivity contribution in [3.05, 3.63) is 71.8 Å². The molecule has 3 heterocycles. The molecule has 0 bridgehead atoms. The van der Waals surface area contributed by atoms with Gasteiger partial charge in [0.2, 0.25) is 5.91 Å². The predicted molar refractivity (Wildman–Crippen MR) is 149 cm³/mol. The van der Waals surface area contributed by atoms with Crippen LogP contribution in [0.3, 0.4) is 0 Å². The van der Waals surface area contributed by atoms with E-state index in [9.17, 15) is 4.79 Å². The van der Waals surface area contributed by atoms with Crippen LogP contribution in [0.2, 0.25) is 0 Å². The second-order valence-corrected chi connectivity index (χ2v) is 9.86. The Balaban J connectivity index is 0.00000136. The van der Waals surface area contributed by atoms with Crippen LogP contribution in [0.1, 0.15) is 23.6 Å². The fraction of sp³-hybridized carbons (Fsp3) is 0.480. The summed E-state index contributed by atoms with van der Waals surface area (Å²) in [5, 5.41) is 3.51. The Hall–Kier alpha value is -0.990. The fourth-order valence-electron chi connectivity index (χ4n) is 5.24. The molecule has 5 nitrogen and oxygen atoms in total. The van der Waals surface area contributed by atoms with Crippen LogP contribution in [0.15, 0.2) is 60.7 Å². The first kappa shape index (κ1) is 29.2.